The van der Waals surface area contributed by atoms with Crippen LogP contribution < -0.4 is 14.8 Å². The highest BCUT2D eigenvalue weighted by atomic mass is 35.5. The van der Waals surface area contributed by atoms with Crippen molar-refractivity contribution in [3.63, 3.8) is 0 Å². The average Bonchev–Trinajstić information content (AvgIpc) is 3.38. The van der Waals surface area contributed by atoms with Crippen molar-refractivity contribution in [3.8, 4) is 11.5 Å². The molecule has 2 saturated heterocycles. The average molecular weight is 519 g/mol. The molecule has 0 bridgehead atoms. The number of likely N-dealkylation sites (N-methyl/N-ethyl adjacent to an activating group) is 1. The summed E-state index contributed by atoms with van der Waals surface area (Å²) in [5.74, 6) is 0.0971. The molecule has 0 aliphatic carbocycles. The van der Waals surface area contributed by atoms with Crippen LogP contribution >= 0.6 is 11.6 Å². The molecule has 0 radical (unpaired) electrons. The van der Waals surface area contributed by atoms with Crippen molar-refractivity contribution in [1.82, 2.24) is 19.8 Å². The minimum atomic E-state index is -2.69. The molecule has 3 aromatic rings. The highest BCUT2D eigenvalue weighted by Gasteiger charge is 2.48. The minimum absolute atomic E-state index is 0.0259. The van der Waals surface area contributed by atoms with Crippen LogP contribution in [0.4, 0.5) is 20.7 Å². The molecule has 0 saturated carbocycles. The number of ether oxygens (including phenoxy) is 3. The van der Waals surface area contributed by atoms with Gasteiger partial charge in [-0.15, -0.1) is 0 Å². The number of amides is 1. The van der Waals surface area contributed by atoms with Crippen LogP contribution in [0.15, 0.2) is 36.7 Å². The van der Waals surface area contributed by atoms with Gasteiger partial charge in [0, 0.05) is 50.2 Å². The Hall–Kier alpha value is -3.37. The van der Waals surface area contributed by atoms with Gasteiger partial charge in [0.05, 0.1) is 34.8 Å². The fourth-order valence-electron chi connectivity index (χ4n) is 4.66. The predicted octanol–water partition coefficient (Wildman–Crippen LogP) is 4.47. The number of carbonyl (C=O) groups is 1. The molecule has 1 N–H and O–H groups in total. The number of likely N-dealkylation sites (tertiary alicyclic amines) is 1. The summed E-state index contributed by atoms with van der Waals surface area (Å²) in [5.41, 5.74) is 0.476. The number of hydrogen-bond acceptors (Lipinski definition) is 8. The van der Waals surface area contributed by atoms with E-state index in [2.05, 4.69) is 20.2 Å². The van der Waals surface area contributed by atoms with Crippen LogP contribution in [-0.4, -0.2) is 78.3 Å². The summed E-state index contributed by atoms with van der Waals surface area (Å²) >= 11 is 5.91. The lowest BCUT2D eigenvalue weighted by Crippen LogP contribution is -2.37. The summed E-state index contributed by atoms with van der Waals surface area (Å²) in [7, 11) is -0.961. The molecule has 2 aliphatic heterocycles. The predicted molar refractivity (Wildman–Crippen MR) is 134 cm³/mol. The third kappa shape index (κ3) is 4.96. The van der Waals surface area contributed by atoms with Crippen molar-refractivity contribution in [2.75, 3.05) is 52.2 Å². The van der Waals surface area contributed by atoms with E-state index < -0.39 is 18.5 Å². The Bertz CT molecular complexity index is 1400. The summed E-state index contributed by atoms with van der Waals surface area (Å²) < 4.78 is 53.1. The van der Waals surface area contributed by atoms with E-state index in [0.29, 0.717) is 48.5 Å². The van der Waals surface area contributed by atoms with E-state index in [9.17, 15) is 9.18 Å². The highest BCUT2D eigenvalue weighted by molar-refractivity contribution is 6.31. The van der Waals surface area contributed by atoms with Gasteiger partial charge < -0.3 is 24.4 Å². The van der Waals surface area contributed by atoms with Crippen LogP contribution in [0.2, 0.25) is 5.02 Å². The van der Waals surface area contributed by atoms with E-state index in [1.165, 1.54) is 30.6 Å². The van der Waals surface area contributed by atoms with Crippen molar-refractivity contribution < 1.29 is 27.5 Å². The number of carbonyl (C=O) groups excluding carboxylic acids is 1. The first-order chi connectivity index (χ1) is 18.5. The third-order valence-corrected chi connectivity index (χ3v) is 6.70. The number of aromatic nitrogens is 2. The molecule has 9 nitrogen and oxygen atoms in total. The number of fused-ring (bicyclic) bond motifs is 1. The Kier molecular flexibility index (Phi) is 5.74. The van der Waals surface area contributed by atoms with E-state index in [-0.39, 0.29) is 29.2 Å². The van der Waals surface area contributed by atoms with Gasteiger partial charge in [-0.2, -0.15) is 0 Å². The fourth-order valence-corrected chi connectivity index (χ4v) is 4.84. The van der Waals surface area contributed by atoms with Gasteiger partial charge in [-0.25, -0.2) is 19.2 Å². The SMILES string of the molecule is [2H]C([2H])([2H])Oc1cc2ncnc(Nc3ccc(F)c(Cl)c3)c2cc1OCCCN1CCC2(C1)CN(C)C(=O)O2. The van der Waals surface area contributed by atoms with E-state index in [1.807, 2.05) is 0 Å². The molecule has 1 aromatic heterocycles. The number of nitrogens with zero attached hydrogens (tertiary/aromatic N) is 4. The van der Waals surface area contributed by atoms with Crippen molar-refractivity contribution in [2.45, 2.75) is 18.4 Å². The molecule has 2 aliphatic rings. The van der Waals surface area contributed by atoms with Gasteiger partial charge in [-0.1, -0.05) is 11.6 Å². The quantitative estimate of drug-likeness (QED) is 0.437. The van der Waals surface area contributed by atoms with Gasteiger partial charge in [0.15, 0.2) is 11.5 Å². The van der Waals surface area contributed by atoms with Crippen molar-refractivity contribution in [2.24, 2.45) is 0 Å². The summed E-state index contributed by atoms with van der Waals surface area (Å²) in [4.78, 5) is 24.2. The molecule has 11 heteroatoms. The molecule has 190 valence electrons. The summed E-state index contributed by atoms with van der Waals surface area (Å²) in [5, 5.41) is 3.59. The van der Waals surface area contributed by atoms with Crippen LogP contribution in [-0.2, 0) is 4.74 Å². The van der Waals surface area contributed by atoms with Crippen LogP contribution in [0.25, 0.3) is 10.9 Å². The van der Waals surface area contributed by atoms with Crippen LogP contribution in [0.1, 0.15) is 17.0 Å². The lowest BCUT2D eigenvalue weighted by atomic mass is 10.0. The lowest BCUT2D eigenvalue weighted by molar-refractivity contribution is 0.0629. The van der Waals surface area contributed by atoms with Crippen LogP contribution in [0.5, 0.6) is 11.5 Å². The molecule has 1 unspecified atom stereocenters. The molecule has 3 heterocycles. The molecule has 1 spiro atoms. The molecule has 1 amide bonds. The molecule has 36 heavy (non-hydrogen) atoms. The number of anilines is 2. The maximum atomic E-state index is 13.6. The van der Waals surface area contributed by atoms with E-state index in [0.717, 1.165) is 13.0 Å². The minimum Gasteiger partial charge on any atom is -0.493 e. The lowest BCUT2D eigenvalue weighted by Gasteiger charge is -2.21. The normalized spacial score (nSPS) is 21.4. The molecular weight excluding hydrogens is 489 g/mol. The summed E-state index contributed by atoms with van der Waals surface area (Å²) in [6.07, 6.45) is 2.45. The molecule has 2 fully saturated rings. The van der Waals surface area contributed by atoms with E-state index >= 15 is 0 Å². The first-order valence-electron chi connectivity index (χ1n) is 13.0. The summed E-state index contributed by atoms with van der Waals surface area (Å²) in [6, 6.07) is 7.29. The smallest absolute Gasteiger partial charge is 0.410 e. The number of hydrogen-bond donors (Lipinski definition) is 1. The Morgan fingerprint density at radius 3 is 2.94 bits per heavy atom. The Labute approximate surface area is 217 Å². The van der Waals surface area contributed by atoms with Crippen LogP contribution in [0.3, 0.4) is 0 Å². The van der Waals surface area contributed by atoms with Gasteiger partial charge in [-0.05, 0) is 30.7 Å². The van der Waals surface area contributed by atoms with Gasteiger partial charge in [0.2, 0.25) is 0 Å². The number of benzene rings is 2. The number of methoxy groups -OCH3 is 1. The first kappa shape index (κ1) is 20.8. The Morgan fingerprint density at radius 2 is 2.17 bits per heavy atom. The second kappa shape index (κ2) is 9.94. The molecular formula is C25H27ClFN5O4. The van der Waals surface area contributed by atoms with Gasteiger partial charge in [0.25, 0.3) is 0 Å². The summed E-state index contributed by atoms with van der Waals surface area (Å²) in [6.45, 7) is 3.05. The van der Waals surface area contributed by atoms with Gasteiger partial charge in [0.1, 0.15) is 23.6 Å². The largest absolute Gasteiger partial charge is 0.493 e. The zero-order valence-electron chi connectivity index (χ0n) is 22.6. The highest BCUT2D eigenvalue weighted by Crippen LogP contribution is 2.35. The van der Waals surface area contributed by atoms with E-state index in [1.54, 1.807) is 18.0 Å². The van der Waals surface area contributed by atoms with Crippen LogP contribution in [0, 0.1) is 5.82 Å². The number of rotatable bonds is 8. The third-order valence-electron chi connectivity index (χ3n) is 6.41. The number of halogens is 2. The Balaban J connectivity index is 1.30. The second-order valence-corrected chi connectivity index (χ2v) is 9.44. The standard InChI is InChI=1S/C25H27ClFN5O4/c1-31-13-25(36-24(31)33)6-8-32(14-25)7-3-9-35-22-11-17-20(12-21(22)34-2)28-15-29-23(17)30-16-4-5-19(27)18(26)10-16/h4-5,10-12,15H,3,6-9,13-14H2,1-2H3,(H,28,29,30)/i2D3. The maximum Gasteiger partial charge on any atom is 0.410 e. The topological polar surface area (TPSA) is 89.1 Å². The van der Waals surface area contributed by atoms with E-state index in [4.69, 9.17) is 29.9 Å². The molecule has 5 rings (SSSR count). The van der Waals surface area contributed by atoms with Crippen molar-refractivity contribution in [3.05, 3.63) is 47.5 Å². The van der Waals surface area contributed by atoms with Crippen molar-refractivity contribution >= 4 is 40.1 Å². The first-order valence-corrected chi connectivity index (χ1v) is 11.9. The van der Waals surface area contributed by atoms with Gasteiger partial charge >= 0.3 is 6.09 Å². The molecule has 2 aromatic carbocycles. The fraction of sp³-hybridized carbons (Fsp3) is 0.400. The van der Waals surface area contributed by atoms with Crippen molar-refractivity contribution in [1.29, 1.82) is 0 Å². The monoisotopic (exact) mass is 518 g/mol. The maximum absolute atomic E-state index is 13.6. The second-order valence-electron chi connectivity index (χ2n) is 9.03. The zero-order chi connectivity index (χ0) is 27.8. The van der Waals surface area contributed by atoms with Gasteiger partial charge in [-0.3, -0.25) is 4.90 Å². The Morgan fingerprint density at radius 1 is 1.28 bits per heavy atom. The number of nitrogens with one attached hydrogen (secondary N) is 1. The zero-order valence-corrected chi connectivity index (χ0v) is 20.3. The molecule has 1 atom stereocenters.